The molecule has 0 spiro atoms. The van der Waals surface area contributed by atoms with Gasteiger partial charge in [-0.15, -0.1) is 11.3 Å². The summed E-state index contributed by atoms with van der Waals surface area (Å²) >= 11 is 1.55. The van der Waals surface area contributed by atoms with Crippen molar-refractivity contribution in [2.45, 2.75) is 25.9 Å². The van der Waals surface area contributed by atoms with Crippen LogP contribution >= 0.6 is 11.3 Å². The van der Waals surface area contributed by atoms with E-state index in [0.717, 1.165) is 23.5 Å². The van der Waals surface area contributed by atoms with Crippen molar-refractivity contribution in [2.24, 2.45) is 0 Å². The normalized spacial score (nSPS) is 19.3. The van der Waals surface area contributed by atoms with Crippen molar-refractivity contribution < 1.29 is 14.3 Å². The van der Waals surface area contributed by atoms with Crippen LogP contribution in [-0.2, 0) is 0 Å². The third-order valence-electron chi connectivity index (χ3n) is 3.40. The summed E-state index contributed by atoms with van der Waals surface area (Å²) in [5, 5.41) is 12.5. The van der Waals surface area contributed by atoms with E-state index in [1.807, 2.05) is 12.3 Å². The smallest absolute Gasteiger partial charge is 0.257 e. The number of thiazole rings is 1. The number of nitrogens with zero attached hydrogens (tertiary/aromatic N) is 2. The highest BCUT2D eigenvalue weighted by Gasteiger charge is 2.24. The van der Waals surface area contributed by atoms with Gasteiger partial charge in [0.25, 0.3) is 5.91 Å². The van der Waals surface area contributed by atoms with E-state index in [1.165, 1.54) is 6.26 Å². The molecule has 2 aromatic rings. The zero-order chi connectivity index (χ0) is 14.1. The molecule has 0 saturated carbocycles. The molecule has 106 valence electrons. The molecule has 1 saturated heterocycles. The predicted octanol–water partition coefficient (Wildman–Crippen LogP) is 2.31. The number of β-amino-alcohol motifs (C(OH)–C–C–N with tert-alkyl or cyclic N) is 1. The van der Waals surface area contributed by atoms with E-state index in [9.17, 15) is 9.90 Å². The van der Waals surface area contributed by atoms with Gasteiger partial charge in [0.1, 0.15) is 12.0 Å². The van der Waals surface area contributed by atoms with Crippen molar-refractivity contribution in [2.75, 3.05) is 13.1 Å². The van der Waals surface area contributed by atoms with Gasteiger partial charge in [-0.25, -0.2) is 4.98 Å². The standard InChI is InChI=1S/C14H16N2O3S/c1-9-15-12(8-20-9)13-5-10(7-19-13)14(18)16-4-2-3-11(17)6-16/h5,7-8,11,17H,2-4,6H2,1H3. The van der Waals surface area contributed by atoms with Crippen molar-refractivity contribution in [3.8, 4) is 11.5 Å². The van der Waals surface area contributed by atoms with Gasteiger partial charge in [0.05, 0.1) is 16.7 Å². The Bertz CT molecular complexity index is 619. The number of aliphatic hydroxyl groups is 1. The molecule has 1 amide bonds. The minimum atomic E-state index is -0.416. The molecule has 1 N–H and O–H groups in total. The summed E-state index contributed by atoms with van der Waals surface area (Å²) in [6.45, 7) is 3.01. The van der Waals surface area contributed by atoms with Crippen LogP contribution in [0.3, 0.4) is 0 Å². The van der Waals surface area contributed by atoms with E-state index in [1.54, 1.807) is 22.3 Å². The van der Waals surface area contributed by atoms with Crippen molar-refractivity contribution in [3.63, 3.8) is 0 Å². The number of carbonyl (C=O) groups is 1. The van der Waals surface area contributed by atoms with Crippen LogP contribution in [0.1, 0.15) is 28.2 Å². The number of rotatable bonds is 2. The molecular formula is C14H16N2O3S. The van der Waals surface area contributed by atoms with Crippen LogP contribution in [0.25, 0.3) is 11.5 Å². The molecule has 1 aliphatic heterocycles. The number of furan rings is 1. The molecule has 20 heavy (non-hydrogen) atoms. The summed E-state index contributed by atoms with van der Waals surface area (Å²) in [7, 11) is 0. The fourth-order valence-corrected chi connectivity index (χ4v) is 2.98. The molecule has 1 fully saturated rings. The maximum atomic E-state index is 12.3. The van der Waals surface area contributed by atoms with Gasteiger partial charge in [0, 0.05) is 18.5 Å². The molecule has 0 bridgehead atoms. The lowest BCUT2D eigenvalue weighted by molar-refractivity contribution is 0.0473. The molecule has 1 unspecified atom stereocenters. The number of hydrogen-bond donors (Lipinski definition) is 1. The Hall–Kier alpha value is -1.66. The van der Waals surface area contributed by atoms with Gasteiger partial charge in [0.15, 0.2) is 5.76 Å². The van der Waals surface area contributed by atoms with Crippen molar-refractivity contribution in [1.82, 2.24) is 9.88 Å². The molecule has 3 rings (SSSR count). The highest BCUT2D eigenvalue weighted by atomic mass is 32.1. The number of amides is 1. The Kier molecular flexibility index (Phi) is 3.58. The summed E-state index contributed by atoms with van der Waals surface area (Å²) < 4.78 is 5.44. The minimum Gasteiger partial charge on any atom is -0.462 e. The third-order valence-corrected chi connectivity index (χ3v) is 4.18. The lowest BCUT2D eigenvalue weighted by atomic mass is 10.1. The molecule has 2 aromatic heterocycles. The van der Waals surface area contributed by atoms with Crippen molar-refractivity contribution in [3.05, 3.63) is 28.3 Å². The Balaban J connectivity index is 1.77. The van der Waals surface area contributed by atoms with E-state index < -0.39 is 6.10 Å². The van der Waals surface area contributed by atoms with Crippen LogP contribution in [0.4, 0.5) is 0 Å². The maximum absolute atomic E-state index is 12.3. The number of likely N-dealkylation sites (tertiary alicyclic amines) is 1. The first-order chi connectivity index (χ1) is 9.63. The lowest BCUT2D eigenvalue weighted by Crippen LogP contribution is -2.42. The SMILES string of the molecule is Cc1nc(-c2cc(C(=O)N3CCCC(O)C3)co2)cs1. The van der Waals surface area contributed by atoms with E-state index in [0.29, 0.717) is 24.4 Å². The zero-order valence-corrected chi connectivity index (χ0v) is 12.0. The second-order valence-electron chi connectivity index (χ2n) is 5.00. The number of hydrogen-bond acceptors (Lipinski definition) is 5. The van der Waals surface area contributed by atoms with Crippen LogP contribution in [0, 0.1) is 6.92 Å². The van der Waals surface area contributed by atoms with Crippen molar-refractivity contribution in [1.29, 1.82) is 0 Å². The Labute approximate surface area is 120 Å². The third kappa shape index (κ3) is 2.62. The number of aryl methyl sites for hydroxylation is 1. The molecule has 5 nitrogen and oxygen atoms in total. The minimum absolute atomic E-state index is 0.0919. The second-order valence-corrected chi connectivity index (χ2v) is 6.06. The first kappa shape index (κ1) is 13.3. The average molecular weight is 292 g/mol. The Morgan fingerprint density at radius 3 is 3.15 bits per heavy atom. The first-order valence-electron chi connectivity index (χ1n) is 6.62. The largest absolute Gasteiger partial charge is 0.462 e. The van der Waals surface area contributed by atoms with Crippen LogP contribution in [0.5, 0.6) is 0 Å². The van der Waals surface area contributed by atoms with Gasteiger partial charge in [-0.3, -0.25) is 4.79 Å². The fraction of sp³-hybridized carbons (Fsp3) is 0.429. The molecule has 6 heteroatoms. The molecule has 0 aromatic carbocycles. The number of piperidine rings is 1. The van der Waals surface area contributed by atoms with E-state index in [-0.39, 0.29) is 5.91 Å². The summed E-state index contributed by atoms with van der Waals surface area (Å²) in [4.78, 5) is 18.3. The fourth-order valence-electron chi connectivity index (χ4n) is 2.38. The van der Waals surface area contributed by atoms with Gasteiger partial charge >= 0.3 is 0 Å². The Morgan fingerprint density at radius 1 is 1.60 bits per heavy atom. The highest BCUT2D eigenvalue weighted by molar-refractivity contribution is 7.09. The molecule has 0 aliphatic carbocycles. The second kappa shape index (κ2) is 5.38. The van der Waals surface area contributed by atoms with Crippen LogP contribution in [0.2, 0.25) is 0 Å². The summed E-state index contributed by atoms with van der Waals surface area (Å²) in [5.41, 5.74) is 1.27. The van der Waals surface area contributed by atoms with E-state index in [2.05, 4.69) is 4.98 Å². The highest BCUT2D eigenvalue weighted by Crippen LogP contribution is 2.25. The number of carbonyl (C=O) groups excluding carboxylic acids is 1. The Morgan fingerprint density at radius 2 is 2.45 bits per heavy atom. The van der Waals surface area contributed by atoms with E-state index in [4.69, 9.17) is 4.42 Å². The zero-order valence-electron chi connectivity index (χ0n) is 11.2. The molecule has 3 heterocycles. The van der Waals surface area contributed by atoms with Gasteiger partial charge in [-0.05, 0) is 25.8 Å². The van der Waals surface area contributed by atoms with Crippen LogP contribution in [-0.4, -0.2) is 40.1 Å². The number of aliphatic hydroxyl groups excluding tert-OH is 1. The quantitative estimate of drug-likeness (QED) is 0.922. The van der Waals surface area contributed by atoms with Crippen LogP contribution in [0.15, 0.2) is 22.1 Å². The summed E-state index contributed by atoms with van der Waals surface area (Å²) in [5.74, 6) is 0.515. The van der Waals surface area contributed by atoms with Crippen LogP contribution < -0.4 is 0 Å². The molecule has 1 aliphatic rings. The predicted molar refractivity (Wildman–Crippen MR) is 75.7 cm³/mol. The topological polar surface area (TPSA) is 66.6 Å². The summed E-state index contributed by atoms with van der Waals surface area (Å²) in [6.07, 6.45) is 2.65. The first-order valence-corrected chi connectivity index (χ1v) is 7.50. The molecule has 0 radical (unpaired) electrons. The monoisotopic (exact) mass is 292 g/mol. The maximum Gasteiger partial charge on any atom is 0.257 e. The van der Waals surface area contributed by atoms with Gasteiger partial charge in [-0.2, -0.15) is 0 Å². The van der Waals surface area contributed by atoms with Gasteiger partial charge in [-0.1, -0.05) is 0 Å². The number of aromatic nitrogens is 1. The van der Waals surface area contributed by atoms with E-state index >= 15 is 0 Å². The lowest BCUT2D eigenvalue weighted by Gasteiger charge is -2.29. The molecular weight excluding hydrogens is 276 g/mol. The summed E-state index contributed by atoms with van der Waals surface area (Å²) in [6, 6.07) is 1.72. The average Bonchev–Trinajstić information content (AvgIpc) is 3.06. The van der Waals surface area contributed by atoms with Gasteiger partial charge < -0.3 is 14.4 Å². The van der Waals surface area contributed by atoms with Gasteiger partial charge in [0.2, 0.25) is 0 Å². The van der Waals surface area contributed by atoms with Crippen molar-refractivity contribution >= 4 is 17.2 Å². The molecule has 1 atom stereocenters.